The molecular weight excluding hydrogens is 346 g/mol. The molecular formula is C21H18ClN3O. The second kappa shape index (κ2) is 6.31. The van der Waals surface area contributed by atoms with Gasteiger partial charge >= 0.3 is 0 Å². The fraction of sp³-hybridized carbons (Fsp3) is 0.190. The third-order valence-corrected chi connectivity index (χ3v) is 5.42. The first kappa shape index (κ1) is 15.7. The zero-order chi connectivity index (χ0) is 17.5. The Kier molecular flexibility index (Phi) is 3.80. The lowest BCUT2D eigenvalue weighted by Gasteiger charge is -2.32. The lowest BCUT2D eigenvalue weighted by molar-refractivity contribution is 0.244. The standard InChI is InChI=1S/C21H18ClN3O/c22-17-8-4-6-16-19(17)23-24-20(16)21(25-11-2-1-3-12-25)15-9-10-18-14(15)7-5-13-26-18/h1-2,4-10,13,21H,3,11-12H2,(H,23,24). The molecule has 0 radical (unpaired) electrons. The Morgan fingerprint density at radius 3 is 2.96 bits per heavy atom. The number of aromatic amines is 1. The molecule has 3 aliphatic rings. The van der Waals surface area contributed by atoms with E-state index >= 15 is 0 Å². The van der Waals surface area contributed by atoms with Crippen LogP contribution in [0.4, 0.5) is 0 Å². The number of nitrogens with zero attached hydrogens (tertiary/aromatic N) is 2. The Hall–Kier alpha value is -2.56. The van der Waals surface area contributed by atoms with Crippen molar-refractivity contribution in [1.82, 2.24) is 15.1 Å². The fourth-order valence-corrected chi connectivity index (χ4v) is 4.13. The van der Waals surface area contributed by atoms with Crippen LogP contribution in [0, 0.1) is 0 Å². The minimum atomic E-state index is 0.0681. The summed E-state index contributed by atoms with van der Waals surface area (Å²) in [6.07, 6.45) is 7.24. The number of nitrogens with one attached hydrogen (secondary N) is 1. The molecule has 4 nitrogen and oxygen atoms in total. The van der Waals surface area contributed by atoms with E-state index < -0.39 is 0 Å². The van der Waals surface area contributed by atoms with E-state index in [1.807, 2.05) is 24.3 Å². The Balaban J connectivity index is 1.71. The molecule has 26 heavy (non-hydrogen) atoms. The van der Waals surface area contributed by atoms with E-state index in [9.17, 15) is 0 Å². The monoisotopic (exact) mass is 363 g/mol. The molecule has 1 aromatic carbocycles. The van der Waals surface area contributed by atoms with E-state index in [0.29, 0.717) is 5.02 Å². The number of aromatic nitrogens is 2. The van der Waals surface area contributed by atoms with Gasteiger partial charge < -0.3 is 4.42 Å². The number of halogens is 1. The smallest absolute Gasteiger partial charge is 0.134 e. The second-order valence-corrected chi connectivity index (χ2v) is 7.02. The number of fused-ring (bicyclic) bond motifs is 2. The summed E-state index contributed by atoms with van der Waals surface area (Å²) >= 11 is 6.36. The van der Waals surface area contributed by atoms with Crippen molar-refractivity contribution in [2.24, 2.45) is 0 Å². The average molecular weight is 364 g/mol. The van der Waals surface area contributed by atoms with Crippen LogP contribution in [-0.2, 0) is 0 Å². The normalized spacial score (nSPS) is 16.5. The van der Waals surface area contributed by atoms with Gasteiger partial charge in [-0.3, -0.25) is 10.00 Å². The van der Waals surface area contributed by atoms with Gasteiger partial charge in [-0.25, -0.2) is 0 Å². The molecule has 130 valence electrons. The van der Waals surface area contributed by atoms with Gasteiger partial charge in [0.05, 0.1) is 23.0 Å². The maximum absolute atomic E-state index is 6.36. The van der Waals surface area contributed by atoms with Crippen LogP contribution in [0.3, 0.4) is 0 Å². The lowest BCUT2D eigenvalue weighted by atomic mass is 9.96. The van der Waals surface area contributed by atoms with Crippen molar-refractivity contribution >= 4 is 22.5 Å². The minimum absolute atomic E-state index is 0.0681. The van der Waals surface area contributed by atoms with Crippen LogP contribution in [0.2, 0.25) is 5.02 Å². The molecule has 1 unspecified atom stereocenters. The molecule has 1 aliphatic carbocycles. The van der Waals surface area contributed by atoms with Crippen molar-refractivity contribution < 1.29 is 4.42 Å². The first-order chi connectivity index (χ1) is 12.8. The summed E-state index contributed by atoms with van der Waals surface area (Å²) in [5.41, 5.74) is 4.26. The van der Waals surface area contributed by atoms with Crippen molar-refractivity contribution in [2.75, 3.05) is 13.1 Å². The van der Waals surface area contributed by atoms with E-state index in [1.54, 1.807) is 6.26 Å². The fourth-order valence-electron chi connectivity index (χ4n) is 3.91. The Morgan fingerprint density at radius 1 is 1.12 bits per heavy atom. The number of para-hydroxylation sites is 1. The maximum Gasteiger partial charge on any atom is 0.134 e. The third-order valence-electron chi connectivity index (χ3n) is 5.12. The van der Waals surface area contributed by atoms with Gasteiger partial charge in [-0.2, -0.15) is 5.10 Å². The molecule has 0 saturated carbocycles. The van der Waals surface area contributed by atoms with Gasteiger partial charge in [-0.05, 0) is 36.2 Å². The number of H-pyrrole nitrogens is 1. The number of hydrogen-bond donors (Lipinski definition) is 1. The van der Waals surface area contributed by atoms with Gasteiger partial charge in [-0.1, -0.05) is 42.0 Å². The summed E-state index contributed by atoms with van der Waals surface area (Å²) in [6, 6.07) is 14.3. The Labute approximate surface area is 156 Å². The lowest BCUT2D eigenvalue weighted by Crippen LogP contribution is -2.33. The van der Waals surface area contributed by atoms with Gasteiger partial charge in [0, 0.05) is 24.0 Å². The van der Waals surface area contributed by atoms with Gasteiger partial charge in [0.2, 0.25) is 0 Å². The van der Waals surface area contributed by atoms with Crippen LogP contribution in [0.25, 0.3) is 22.2 Å². The van der Waals surface area contributed by atoms with E-state index in [-0.39, 0.29) is 6.04 Å². The quantitative estimate of drug-likeness (QED) is 0.504. The highest BCUT2D eigenvalue weighted by molar-refractivity contribution is 6.35. The summed E-state index contributed by atoms with van der Waals surface area (Å²) in [7, 11) is 0. The Morgan fingerprint density at radius 2 is 2.08 bits per heavy atom. The first-order valence-electron chi connectivity index (χ1n) is 8.80. The van der Waals surface area contributed by atoms with E-state index in [4.69, 9.17) is 16.0 Å². The zero-order valence-electron chi connectivity index (χ0n) is 14.2. The molecule has 2 aliphatic heterocycles. The second-order valence-electron chi connectivity index (χ2n) is 6.61. The van der Waals surface area contributed by atoms with Crippen molar-refractivity contribution in [3.63, 3.8) is 0 Å². The van der Waals surface area contributed by atoms with Crippen LogP contribution in [-0.4, -0.2) is 28.2 Å². The Bertz CT molecular complexity index is 1060. The largest absolute Gasteiger partial charge is 0.464 e. The molecule has 0 spiro atoms. The molecule has 3 heterocycles. The molecule has 1 aromatic heterocycles. The predicted molar refractivity (Wildman–Crippen MR) is 104 cm³/mol. The summed E-state index contributed by atoms with van der Waals surface area (Å²) in [6.45, 7) is 1.90. The van der Waals surface area contributed by atoms with Gasteiger partial charge in [0.1, 0.15) is 11.3 Å². The van der Waals surface area contributed by atoms with Gasteiger partial charge in [0.25, 0.3) is 0 Å². The highest BCUT2D eigenvalue weighted by atomic mass is 35.5. The highest BCUT2D eigenvalue weighted by Gasteiger charge is 2.30. The number of benzene rings is 1. The maximum atomic E-state index is 6.36. The van der Waals surface area contributed by atoms with E-state index in [1.165, 1.54) is 5.56 Å². The summed E-state index contributed by atoms with van der Waals surface area (Å²) in [5, 5.41) is 9.51. The number of rotatable bonds is 3. The van der Waals surface area contributed by atoms with Crippen LogP contribution in [0.1, 0.15) is 23.7 Å². The topological polar surface area (TPSA) is 45.1 Å². The van der Waals surface area contributed by atoms with E-state index in [2.05, 4.69) is 45.4 Å². The highest BCUT2D eigenvalue weighted by Crippen LogP contribution is 2.40. The average Bonchev–Trinajstić information content (AvgIpc) is 3.30. The molecule has 0 amide bonds. The summed E-state index contributed by atoms with van der Waals surface area (Å²) in [4.78, 5) is 2.47. The van der Waals surface area contributed by atoms with Gasteiger partial charge in [0.15, 0.2) is 0 Å². The third kappa shape index (κ3) is 2.45. The van der Waals surface area contributed by atoms with Crippen LogP contribution >= 0.6 is 11.6 Å². The first-order valence-corrected chi connectivity index (χ1v) is 9.18. The molecule has 0 saturated heterocycles. The van der Waals surface area contributed by atoms with Crippen molar-refractivity contribution in [3.05, 3.63) is 77.2 Å². The van der Waals surface area contributed by atoms with Gasteiger partial charge in [-0.15, -0.1) is 0 Å². The van der Waals surface area contributed by atoms with Crippen molar-refractivity contribution in [3.8, 4) is 11.3 Å². The molecule has 5 heteroatoms. The summed E-state index contributed by atoms with van der Waals surface area (Å²) < 4.78 is 5.67. The predicted octanol–water partition coefficient (Wildman–Crippen LogP) is 5.27. The van der Waals surface area contributed by atoms with Crippen LogP contribution in [0.5, 0.6) is 0 Å². The molecule has 1 N–H and O–H groups in total. The molecule has 1 atom stereocenters. The van der Waals surface area contributed by atoms with Crippen molar-refractivity contribution in [1.29, 1.82) is 0 Å². The minimum Gasteiger partial charge on any atom is -0.464 e. The van der Waals surface area contributed by atoms with Crippen LogP contribution < -0.4 is 0 Å². The van der Waals surface area contributed by atoms with E-state index in [0.717, 1.165) is 47.4 Å². The SMILES string of the molecule is Clc1cccc2c(C(c3ccc4occcc3-4)N3CC=CCC3)[nH]nc12. The zero-order valence-corrected chi connectivity index (χ0v) is 14.9. The van der Waals surface area contributed by atoms with Crippen LogP contribution in [0.15, 0.2) is 65.3 Å². The van der Waals surface area contributed by atoms with Crippen molar-refractivity contribution in [2.45, 2.75) is 12.5 Å². The summed E-state index contributed by atoms with van der Waals surface area (Å²) in [5.74, 6) is 0.905. The molecule has 2 aromatic rings. The molecule has 5 rings (SSSR count). The molecule has 0 bridgehead atoms. The number of hydrogen-bond acceptors (Lipinski definition) is 3. The molecule has 0 fully saturated rings.